The smallest absolute Gasteiger partial charge is 0.157 e. The van der Waals surface area contributed by atoms with Gasteiger partial charge in [0.2, 0.25) is 0 Å². The first-order chi connectivity index (χ1) is 18.6. The van der Waals surface area contributed by atoms with Crippen LogP contribution in [0.2, 0.25) is 0 Å². The van der Waals surface area contributed by atoms with Crippen molar-refractivity contribution in [3.05, 3.63) is 94.8 Å². The third-order valence-electron chi connectivity index (χ3n) is 9.61. The summed E-state index contributed by atoms with van der Waals surface area (Å²) in [5.74, 6) is 4.00. The molecule has 0 unspecified atom stereocenters. The van der Waals surface area contributed by atoms with Crippen LogP contribution in [-0.4, -0.2) is 35.5 Å². The van der Waals surface area contributed by atoms with E-state index < -0.39 is 28.6 Å². The molecule has 0 radical (unpaired) electrons. The van der Waals surface area contributed by atoms with Crippen molar-refractivity contribution in [1.82, 2.24) is 4.90 Å². The largest absolute Gasteiger partial charge is 0.378 e. The zero-order valence-corrected chi connectivity index (χ0v) is 23.1. The highest BCUT2D eigenvalue weighted by molar-refractivity contribution is 5.93. The minimum atomic E-state index is -1.32. The van der Waals surface area contributed by atoms with Crippen molar-refractivity contribution in [2.45, 2.75) is 57.5 Å². The highest BCUT2D eigenvalue weighted by Crippen LogP contribution is 2.66. The lowest BCUT2D eigenvalue weighted by atomic mass is 9.52. The fraction of sp³-hybridized carbons (Fsp3) is 0.441. The van der Waals surface area contributed by atoms with Crippen molar-refractivity contribution in [3.8, 4) is 11.8 Å². The number of fused-ring (bicyclic) bond motifs is 4. The van der Waals surface area contributed by atoms with Gasteiger partial charge in [-0.2, -0.15) is 0 Å². The number of halogens is 2. The number of carbonyl (C=O) groups excluding carboxylic acids is 1. The van der Waals surface area contributed by atoms with Crippen LogP contribution in [0.15, 0.2) is 89.2 Å². The maximum absolute atomic E-state index is 16.3. The van der Waals surface area contributed by atoms with Gasteiger partial charge in [0.05, 0.1) is 0 Å². The van der Waals surface area contributed by atoms with Gasteiger partial charge in [0.25, 0.3) is 0 Å². The topological polar surface area (TPSA) is 40.5 Å². The van der Waals surface area contributed by atoms with Gasteiger partial charge in [0, 0.05) is 43.1 Å². The molecular weight excluding hydrogens is 492 g/mol. The molecule has 0 heterocycles. The molecule has 0 aliphatic heterocycles. The molecular formula is C34H37F2NO2. The van der Waals surface area contributed by atoms with Crippen LogP contribution in [0.3, 0.4) is 0 Å². The fourth-order valence-corrected chi connectivity index (χ4v) is 7.53. The van der Waals surface area contributed by atoms with E-state index in [4.69, 9.17) is 0 Å². The summed E-state index contributed by atoms with van der Waals surface area (Å²) in [7, 11) is 3.51. The molecule has 4 aliphatic rings. The zero-order valence-electron chi connectivity index (χ0n) is 23.1. The van der Waals surface area contributed by atoms with Gasteiger partial charge in [0.1, 0.15) is 11.4 Å². The molecule has 0 bridgehead atoms. The summed E-state index contributed by atoms with van der Waals surface area (Å²) >= 11 is 0. The lowest BCUT2D eigenvalue weighted by molar-refractivity contribution is -0.114. The number of allylic oxidation sites excluding steroid dienone is 8. The maximum Gasteiger partial charge on any atom is 0.157 e. The number of hydrogen-bond acceptors (Lipinski definition) is 3. The Hall–Kier alpha value is -3.23. The fourth-order valence-electron chi connectivity index (χ4n) is 7.53. The van der Waals surface area contributed by atoms with Gasteiger partial charge in [-0.15, -0.1) is 0 Å². The normalized spacial score (nSPS) is 32.7. The minimum absolute atomic E-state index is 0.0110. The summed E-state index contributed by atoms with van der Waals surface area (Å²) in [6, 6.07) is 9.55. The highest BCUT2D eigenvalue weighted by Gasteiger charge is 2.63. The number of carbonyl (C=O) groups is 1. The van der Waals surface area contributed by atoms with E-state index in [-0.39, 0.29) is 24.0 Å². The molecule has 204 valence electrons. The number of rotatable bonds is 4. The lowest BCUT2D eigenvalue weighted by Gasteiger charge is -2.53. The van der Waals surface area contributed by atoms with E-state index in [0.717, 1.165) is 41.5 Å². The third-order valence-corrected chi connectivity index (χ3v) is 9.61. The van der Waals surface area contributed by atoms with Gasteiger partial charge in [0.15, 0.2) is 11.6 Å². The molecule has 5 heteroatoms. The van der Waals surface area contributed by atoms with Gasteiger partial charge >= 0.3 is 0 Å². The molecule has 0 saturated heterocycles. The minimum Gasteiger partial charge on any atom is -0.378 e. The summed E-state index contributed by atoms with van der Waals surface area (Å²) in [5, 5.41) is 12.0. The first-order valence-corrected chi connectivity index (χ1v) is 13.9. The molecule has 3 nitrogen and oxygen atoms in total. The summed E-state index contributed by atoms with van der Waals surface area (Å²) in [6.07, 6.45) is 8.40. The number of benzene rings is 1. The Morgan fingerprint density at radius 1 is 1.15 bits per heavy atom. The quantitative estimate of drug-likeness (QED) is 0.338. The number of ketones is 1. The lowest BCUT2D eigenvalue weighted by Crippen LogP contribution is -2.51. The van der Waals surface area contributed by atoms with Crippen molar-refractivity contribution in [3.63, 3.8) is 0 Å². The van der Waals surface area contributed by atoms with Crippen molar-refractivity contribution in [1.29, 1.82) is 0 Å². The van der Waals surface area contributed by atoms with Crippen molar-refractivity contribution >= 4 is 5.78 Å². The monoisotopic (exact) mass is 529 g/mol. The van der Waals surface area contributed by atoms with Crippen LogP contribution >= 0.6 is 0 Å². The van der Waals surface area contributed by atoms with Gasteiger partial charge in [-0.3, -0.25) is 4.79 Å². The molecule has 0 spiro atoms. The Kier molecular flexibility index (Phi) is 7.29. The second kappa shape index (κ2) is 10.4. The average molecular weight is 530 g/mol. The summed E-state index contributed by atoms with van der Waals surface area (Å²) in [5.41, 5.74) is 2.20. The summed E-state index contributed by atoms with van der Waals surface area (Å²) in [4.78, 5) is 13.9. The molecule has 0 amide bonds. The Morgan fingerprint density at radius 3 is 2.59 bits per heavy atom. The standard InChI is InChI=1S/C34H37F2NO2/c1-5-24(37(3)4)20-30(35)32(36)28-21-33(2)29(16-18-34(33,39)17-15-22-9-7-6-8-10-22)27-13-11-23-19-25(38)12-14-26(23)31(27)28/h5-10,19-20,27-29,39H,1,11-14,16,18,21H2,2-4H3/b24-20+,32-30+/t27-,28-,29-,33-,34-/m0/s1. The molecule has 2 fully saturated rings. The molecule has 5 atom stereocenters. The SMILES string of the molecule is C=C/C(=C\C(F)=C(/F)[C@H]1C[C@@]2(C)[C@@H](CC[C@@]2(O)C#Cc2ccccc2)[C@@H]2CCC3=CC(=O)CCC3=C21)N(C)C. The van der Waals surface area contributed by atoms with Crippen LogP contribution in [0, 0.1) is 35.0 Å². The molecule has 2 saturated carbocycles. The number of nitrogens with zero attached hydrogens (tertiary/aromatic N) is 1. The van der Waals surface area contributed by atoms with Crippen LogP contribution in [0.5, 0.6) is 0 Å². The van der Waals surface area contributed by atoms with E-state index in [1.165, 1.54) is 12.2 Å². The van der Waals surface area contributed by atoms with E-state index in [2.05, 4.69) is 18.4 Å². The Labute approximate surface area is 230 Å². The predicted molar refractivity (Wildman–Crippen MR) is 150 cm³/mol. The summed E-state index contributed by atoms with van der Waals surface area (Å²) < 4.78 is 32.0. The number of likely N-dealkylation sites (N-methyl/N-ethyl adjacent to an activating group) is 1. The van der Waals surface area contributed by atoms with Crippen LogP contribution in [0.25, 0.3) is 0 Å². The molecule has 1 N–H and O–H groups in total. The van der Waals surface area contributed by atoms with E-state index in [0.29, 0.717) is 25.0 Å². The van der Waals surface area contributed by atoms with E-state index in [1.54, 1.807) is 25.1 Å². The van der Waals surface area contributed by atoms with Gasteiger partial charge in [-0.1, -0.05) is 49.1 Å². The zero-order chi connectivity index (χ0) is 27.9. The molecule has 1 aromatic carbocycles. The van der Waals surface area contributed by atoms with Crippen molar-refractivity contribution < 1.29 is 18.7 Å². The Balaban J connectivity index is 1.64. The maximum atomic E-state index is 16.3. The van der Waals surface area contributed by atoms with Crippen LogP contribution < -0.4 is 0 Å². The molecule has 4 aliphatic carbocycles. The third kappa shape index (κ3) is 4.74. The number of hydrogen-bond donors (Lipinski definition) is 1. The molecule has 39 heavy (non-hydrogen) atoms. The highest BCUT2D eigenvalue weighted by atomic mass is 19.2. The Morgan fingerprint density at radius 2 is 1.90 bits per heavy atom. The molecule has 1 aromatic rings. The molecule has 0 aromatic heterocycles. The van der Waals surface area contributed by atoms with E-state index >= 15 is 8.78 Å². The van der Waals surface area contributed by atoms with Gasteiger partial charge < -0.3 is 10.0 Å². The van der Waals surface area contributed by atoms with Crippen LogP contribution in [-0.2, 0) is 4.79 Å². The van der Waals surface area contributed by atoms with Gasteiger partial charge in [-0.05, 0) is 91.9 Å². The van der Waals surface area contributed by atoms with Gasteiger partial charge in [-0.25, -0.2) is 8.78 Å². The summed E-state index contributed by atoms with van der Waals surface area (Å²) in [6.45, 7) is 5.75. The first kappa shape index (κ1) is 27.3. The average Bonchev–Trinajstić information content (AvgIpc) is 3.19. The van der Waals surface area contributed by atoms with Crippen molar-refractivity contribution in [2.24, 2.45) is 23.2 Å². The predicted octanol–water partition coefficient (Wildman–Crippen LogP) is 6.98. The second-order valence-corrected chi connectivity index (χ2v) is 11.9. The molecule has 5 rings (SSSR count). The second-order valence-electron chi connectivity index (χ2n) is 11.9. The first-order valence-electron chi connectivity index (χ1n) is 13.9. The number of aliphatic hydroxyl groups is 1. The van der Waals surface area contributed by atoms with Crippen molar-refractivity contribution in [2.75, 3.05) is 14.1 Å². The van der Waals surface area contributed by atoms with Crippen LogP contribution in [0.1, 0.15) is 57.4 Å². The van der Waals surface area contributed by atoms with E-state index in [9.17, 15) is 9.90 Å². The Bertz CT molecular complexity index is 1370. The van der Waals surface area contributed by atoms with Crippen LogP contribution in [0.4, 0.5) is 8.78 Å². The van der Waals surface area contributed by atoms with E-state index in [1.807, 2.05) is 37.3 Å².